The zero-order valence-electron chi connectivity index (χ0n) is 12.3. The molecule has 0 radical (unpaired) electrons. The predicted octanol–water partition coefficient (Wildman–Crippen LogP) is 4.14. The smallest absolute Gasteiger partial charge is 0.233 e. The van der Waals surface area contributed by atoms with Gasteiger partial charge in [0.2, 0.25) is 5.91 Å². The van der Waals surface area contributed by atoms with Crippen LogP contribution in [0.2, 0.25) is 5.02 Å². The van der Waals surface area contributed by atoms with E-state index in [1.54, 1.807) is 17.7 Å². The molecule has 23 heavy (non-hydrogen) atoms. The van der Waals surface area contributed by atoms with E-state index in [0.29, 0.717) is 11.6 Å². The number of carbonyl (C=O) groups is 1. The summed E-state index contributed by atoms with van der Waals surface area (Å²) in [4.78, 5) is 21.7. The van der Waals surface area contributed by atoms with E-state index < -0.39 is 0 Å². The molecule has 0 saturated carbocycles. The molecule has 0 saturated heterocycles. The molecule has 1 aromatic carbocycles. The van der Waals surface area contributed by atoms with Crippen molar-refractivity contribution in [3.8, 4) is 0 Å². The molecule has 1 atom stereocenters. The van der Waals surface area contributed by atoms with Gasteiger partial charge in [0.05, 0.1) is 5.25 Å². The van der Waals surface area contributed by atoms with Gasteiger partial charge in [0.15, 0.2) is 0 Å². The summed E-state index contributed by atoms with van der Waals surface area (Å²) in [5, 5.41) is 7.21. The summed E-state index contributed by atoms with van der Waals surface area (Å²) in [5.74, 6) is -0.0214. The second kappa shape index (κ2) is 7.29. The Labute approximate surface area is 147 Å². The van der Waals surface area contributed by atoms with Gasteiger partial charge in [-0.25, -0.2) is 9.97 Å². The second-order valence-corrected chi connectivity index (χ2v) is 7.58. The topological polar surface area (TPSA) is 54.9 Å². The Balaban J connectivity index is 1.61. The van der Waals surface area contributed by atoms with Gasteiger partial charge in [-0.05, 0) is 36.1 Å². The molecule has 2 aromatic heterocycles. The number of hydrogen-bond donors (Lipinski definition) is 1. The summed E-state index contributed by atoms with van der Waals surface area (Å²) in [6.07, 6.45) is 1.54. The number of halogens is 1. The molecule has 0 aliphatic heterocycles. The van der Waals surface area contributed by atoms with Crippen molar-refractivity contribution in [1.82, 2.24) is 15.3 Å². The second-order valence-electron chi connectivity index (χ2n) is 4.92. The maximum Gasteiger partial charge on any atom is 0.233 e. The van der Waals surface area contributed by atoms with Gasteiger partial charge in [-0.2, -0.15) is 0 Å². The molecule has 3 aromatic rings. The van der Waals surface area contributed by atoms with Crippen molar-refractivity contribution in [2.24, 2.45) is 0 Å². The van der Waals surface area contributed by atoms with Gasteiger partial charge < -0.3 is 5.32 Å². The highest BCUT2D eigenvalue weighted by molar-refractivity contribution is 8.00. The third-order valence-electron chi connectivity index (χ3n) is 3.26. The molecule has 2 heterocycles. The Morgan fingerprint density at radius 1 is 1.30 bits per heavy atom. The SMILES string of the molecule is CC(Sc1ncnc2sccc12)C(=O)NCc1ccc(Cl)cc1. The molecule has 1 amide bonds. The van der Waals surface area contributed by atoms with E-state index >= 15 is 0 Å². The maximum atomic E-state index is 12.3. The molecule has 4 nitrogen and oxygen atoms in total. The first-order chi connectivity index (χ1) is 11.1. The maximum absolute atomic E-state index is 12.3. The predicted molar refractivity (Wildman–Crippen MR) is 96.0 cm³/mol. The summed E-state index contributed by atoms with van der Waals surface area (Å²) < 4.78 is 0. The van der Waals surface area contributed by atoms with Gasteiger partial charge in [0.1, 0.15) is 16.2 Å². The van der Waals surface area contributed by atoms with Crippen LogP contribution in [0.1, 0.15) is 12.5 Å². The lowest BCUT2D eigenvalue weighted by molar-refractivity contribution is -0.120. The fourth-order valence-corrected chi connectivity index (χ4v) is 3.87. The van der Waals surface area contributed by atoms with Gasteiger partial charge in [0.25, 0.3) is 0 Å². The summed E-state index contributed by atoms with van der Waals surface area (Å²) in [5.41, 5.74) is 1.02. The minimum Gasteiger partial charge on any atom is -0.351 e. The van der Waals surface area contributed by atoms with Crippen molar-refractivity contribution in [3.63, 3.8) is 0 Å². The van der Waals surface area contributed by atoms with E-state index in [1.165, 1.54) is 11.8 Å². The van der Waals surface area contributed by atoms with Crippen molar-refractivity contribution >= 4 is 50.8 Å². The van der Waals surface area contributed by atoms with Crippen LogP contribution in [-0.2, 0) is 11.3 Å². The Kier molecular flexibility index (Phi) is 5.15. The first kappa shape index (κ1) is 16.2. The Bertz CT molecular complexity index is 820. The van der Waals surface area contributed by atoms with Crippen molar-refractivity contribution in [1.29, 1.82) is 0 Å². The van der Waals surface area contributed by atoms with E-state index in [1.807, 2.05) is 42.6 Å². The minimum atomic E-state index is -0.236. The van der Waals surface area contributed by atoms with E-state index in [-0.39, 0.29) is 11.2 Å². The molecule has 0 fully saturated rings. The third kappa shape index (κ3) is 4.02. The first-order valence-corrected chi connectivity index (χ1v) is 9.14. The number of thiophene rings is 1. The van der Waals surface area contributed by atoms with Gasteiger partial charge >= 0.3 is 0 Å². The van der Waals surface area contributed by atoms with Gasteiger partial charge in [0, 0.05) is 17.0 Å². The first-order valence-electron chi connectivity index (χ1n) is 7.00. The Hall–Kier alpha value is -1.63. The van der Waals surface area contributed by atoms with Crippen molar-refractivity contribution < 1.29 is 4.79 Å². The number of thioether (sulfide) groups is 1. The molecular weight excluding hydrogens is 350 g/mol. The standard InChI is InChI=1S/C16H14ClN3OS2/c1-10(14(21)18-8-11-2-4-12(17)5-3-11)23-16-13-6-7-22-15(13)19-9-20-16/h2-7,9-10H,8H2,1H3,(H,18,21). The number of amides is 1. The lowest BCUT2D eigenvalue weighted by atomic mass is 10.2. The zero-order chi connectivity index (χ0) is 16.2. The van der Waals surface area contributed by atoms with E-state index in [0.717, 1.165) is 20.8 Å². The average molecular weight is 364 g/mol. The number of nitrogens with one attached hydrogen (secondary N) is 1. The number of hydrogen-bond acceptors (Lipinski definition) is 5. The van der Waals surface area contributed by atoms with Crippen molar-refractivity contribution in [3.05, 3.63) is 52.6 Å². The van der Waals surface area contributed by atoms with Crippen LogP contribution in [0.15, 0.2) is 47.1 Å². The van der Waals surface area contributed by atoms with Gasteiger partial charge in [-0.3, -0.25) is 4.79 Å². The van der Waals surface area contributed by atoms with Crippen LogP contribution in [0, 0.1) is 0 Å². The summed E-state index contributed by atoms with van der Waals surface area (Å²) in [6.45, 7) is 2.36. The number of fused-ring (bicyclic) bond motifs is 1. The number of aromatic nitrogens is 2. The highest BCUT2D eigenvalue weighted by Gasteiger charge is 2.17. The molecule has 0 spiro atoms. The summed E-state index contributed by atoms with van der Waals surface area (Å²) in [6, 6.07) is 9.42. The van der Waals surface area contributed by atoms with Crippen LogP contribution in [0.4, 0.5) is 0 Å². The highest BCUT2D eigenvalue weighted by atomic mass is 35.5. The molecule has 118 valence electrons. The molecule has 7 heteroatoms. The molecule has 1 N–H and O–H groups in total. The molecular formula is C16H14ClN3OS2. The van der Waals surface area contributed by atoms with E-state index in [2.05, 4.69) is 15.3 Å². The third-order valence-corrected chi connectivity index (χ3v) is 5.45. The lowest BCUT2D eigenvalue weighted by Gasteiger charge is -2.12. The molecule has 0 aliphatic rings. The van der Waals surface area contributed by atoms with Gasteiger partial charge in [-0.15, -0.1) is 11.3 Å². The molecule has 1 unspecified atom stereocenters. The monoisotopic (exact) mass is 363 g/mol. The fraction of sp³-hybridized carbons (Fsp3) is 0.188. The van der Waals surface area contributed by atoms with E-state index in [9.17, 15) is 4.79 Å². The van der Waals surface area contributed by atoms with Gasteiger partial charge in [-0.1, -0.05) is 35.5 Å². The summed E-state index contributed by atoms with van der Waals surface area (Å²) >= 11 is 8.87. The van der Waals surface area contributed by atoms with Crippen LogP contribution in [0.5, 0.6) is 0 Å². The van der Waals surface area contributed by atoms with Crippen molar-refractivity contribution in [2.75, 3.05) is 0 Å². The number of benzene rings is 1. The number of rotatable bonds is 5. The fourth-order valence-electron chi connectivity index (χ4n) is 2.02. The van der Waals surface area contributed by atoms with E-state index in [4.69, 9.17) is 11.6 Å². The van der Waals surface area contributed by atoms with Crippen LogP contribution < -0.4 is 5.32 Å². The number of carbonyl (C=O) groups excluding carboxylic acids is 1. The zero-order valence-corrected chi connectivity index (χ0v) is 14.7. The Morgan fingerprint density at radius 2 is 2.09 bits per heavy atom. The van der Waals surface area contributed by atoms with Crippen LogP contribution in [0.3, 0.4) is 0 Å². The van der Waals surface area contributed by atoms with Crippen LogP contribution in [0.25, 0.3) is 10.2 Å². The quantitative estimate of drug-likeness (QED) is 0.546. The average Bonchev–Trinajstić information content (AvgIpc) is 3.03. The Morgan fingerprint density at radius 3 is 2.87 bits per heavy atom. The lowest BCUT2D eigenvalue weighted by Crippen LogP contribution is -2.30. The summed E-state index contributed by atoms with van der Waals surface area (Å²) in [7, 11) is 0. The largest absolute Gasteiger partial charge is 0.351 e. The molecule has 0 bridgehead atoms. The van der Waals surface area contributed by atoms with Crippen LogP contribution >= 0.6 is 34.7 Å². The molecule has 0 aliphatic carbocycles. The highest BCUT2D eigenvalue weighted by Crippen LogP contribution is 2.30. The normalized spacial score (nSPS) is 12.3. The minimum absolute atomic E-state index is 0.0214. The number of nitrogens with zero attached hydrogens (tertiary/aromatic N) is 2. The van der Waals surface area contributed by atoms with Crippen molar-refractivity contribution in [2.45, 2.75) is 23.7 Å². The van der Waals surface area contributed by atoms with Crippen LogP contribution in [-0.4, -0.2) is 21.1 Å². The molecule has 3 rings (SSSR count).